The number of nitrogens with one attached hydrogen (secondary N) is 1. The van der Waals surface area contributed by atoms with Crippen LogP contribution in [0.1, 0.15) is 13.8 Å². The Bertz CT molecular complexity index is 891. The highest BCUT2D eigenvalue weighted by Crippen LogP contribution is 2.30. The molecule has 0 radical (unpaired) electrons. The van der Waals surface area contributed by atoms with Gasteiger partial charge in [-0.2, -0.15) is 0 Å². The summed E-state index contributed by atoms with van der Waals surface area (Å²) >= 11 is 0. The van der Waals surface area contributed by atoms with Crippen molar-refractivity contribution in [3.05, 3.63) is 42.2 Å². The van der Waals surface area contributed by atoms with E-state index in [4.69, 9.17) is 0 Å². The van der Waals surface area contributed by atoms with Crippen molar-refractivity contribution in [2.75, 3.05) is 11.9 Å². The van der Waals surface area contributed by atoms with Gasteiger partial charge >= 0.3 is 6.36 Å². The molecule has 2 aromatic rings. The highest BCUT2D eigenvalue weighted by atomic mass is 19.4. The molecular formula is C18H17F5N4O2. The van der Waals surface area contributed by atoms with Crippen LogP contribution in [0.25, 0.3) is 11.3 Å². The Morgan fingerprint density at radius 3 is 2.48 bits per heavy atom. The molecule has 1 amide bonds. The van der Waals surface area contributed by atoms with E-state index >= 15 is 0 Å². The summed E-state index contributed by atoms with van der Waals surface area (Å²) in [5.41, 5.74) is 0.231. The monoisotopic (exact) mass is 416 g/mol. The lowest BCUT2D eigenvalue weighted by Gasteiger charge is -2.46. The number of carbonyl (C=O) groups is 1. The van der Waals surface area contributed by atoms with E-state index in [9.17, 15) is 26.7 Å². The summed E-state index contributed by atoms with van der Waals surface area (Å²) in [5, 5.41) is 2.61. The second-order valence-corrected chi connectivity index (χ2v) is 6.59. The van der Waals surface area contributed by atoms with Crippen LogP contribution < -0.4 is 5.32 Å². The highest BCUT2D eigenvalue weighted by molar-refractivity contribution is 5.85. The Labute approximate surface area is 162 Å². The van der Waals surface area contributed by atoms with E-state index in [1.54, 1.807) is 0 Å². The second kappa shape index (κ2) is 7.90. The largest absolute Gasteiger partial charge is 0.522 e. The van der Waals surface area contributed by atoms with Gasteiger partial charge in [0.15, 0.2) is 11.6 Å². The fourth-order valence-corrected chi connectivity index (χ4v) is 2.97. The van der Waals surface area contributed by atoms with E-state index in [1.165, 1.54) is 30.9 Å². The number of amides is 1. The number of carbonyl (C=O) groups excluding carboxylic acids is 1. The van der Waals surface area contributed by atoms with Gasteiger partial charge < -0.3 is 10.2 Å². The Morgan fingerprint density at radius 2 is 1.90 bits per heavy atom. The molecule has 0 bridgehead atoms. The van der Waals surface area contributed by atoms with Crippen LogP contribution in [-0.4, -0.2) is 51.9 Å². The van der Waals surface area contributed by atoms with Crippen molar-refractivity contribution in [3.63, 3.8) is 0 Å². The van der Waals surface area contributed by atoms with Crippen molar-refractivity contribution in [1.29, 1.82) is 0 Å². The van der Waals surface area contributed by atoms with Gasteiger partial charge in [0, 0.05) is 12.1 Å². The molecule has 0 unspecified atom stereocenters. The van der Waals surface area contributed by atoms with Crippen molar-refractivity contribution in [2.24, 2.45) is 0 Å². The predicted molar refractivity (Wildman–Crippen MR) is 92.6 cm³/mol. The molecule has 1 aliphatic heterocycles. The predicted octanol–water partition coefficient (Wildman–Crippen LogP) is 3.36. The number of rotatable bonds is 5. The molecule has 156 valence electrons. The lowest BCUT2D eigenvalue weighted by molar-refractivity contribution is -0.359. The third kappa shape index (κ3) is 4.61. The van der Waals surface area contributed by atoms with E-state index in [1.807, 2.05) is 0 Å². The van der Waals surface area contributed by atoms with Crippen LogP contribution in [-0.2, 0) is 9.53 Å². The normalized spacial score (nSPS) is 20.2. The fraction of sp³-hybridized carbons (Fsp3) is 0.389. The number of hydrogen-bond donors (Lipinski definition) is 1. The van der Waals surface area contributed by atoms with Gasteiger partial charge in [-0.3, -0.25) is 9.53 Å². The third-order valence-corrected chi connectivity index (χ3v) is 4.61. The summed E-state index contributed by atoms with van der Waals surface area (Å²) in [5.74, 6) is -2.11. The molecular weight excluding hydrogens is 399 g/mol. The molecule has 1 aromatic carbocycles. The Morgan fingerprint density at radius 1 is 1.24 bits per heavy atom. The van der Waals surface area contributed by atoms with E-state index in [0.29, 0.717) is 5.56 Å². The number of hydrogen-bond acceptors (Lipinski definition) is 5. The van der Waals surface area contributed by atoms with Gasteiger partial charge in [-0.15, -0.1) is 13.2 Å². The summed E-state index contributed by atoms with van der Waals surface area (Å²) in [6, 6.07) is 3.26. The zero-order valence-electron chi connectivity index (χ0n) is 15.4. The summed E-state index contributed by atoms with van der Waals surface area (Å²) in [6.45, 7) is 2.65. The van der Waals surface area contributed by atoms with Gasteiger partial charge in [0.05, 0.1) is 6.04 Å². The van der Waals surface area contributed by atoms with Crippen LogP contribution in [0.15, 0.2) is 30.6 Å². The van der Waals surface area contributed by atoms with Crippen LogP contribution in [0.4, 0.5) is 27.8 Å². The van der Waals surface area contributed by atoms with Crippen molar-refractivity contribution in [3.8, 4) is 11.3 Å². The molecule has 3 rings (SSSR count). The van der Waals surface area contributed by atoms with Crippen molar-refractivity contribution >= 4 is 11.7 Å². The molecule has 6 nitrogen and oxygen atoms in total. The summed E-state index contributed by atoms with van der Waals surface area (Å²) in [7, 11) is 0. The number of halogens is 5. The maximum Gasteiger partial charge on any atom is 0.522 e. The molecule has 0 aliphatic carbocycles. The Kier molecular flexibility index (Phi) is 5.69. The average molecular weight is 416 g/mol. The maximum atomic E-state index is 14.8. The average Bonchev–Trinajstić information content (AvgIpc) is 2.65. The number of benzene rings is 1. The first-order valence-corrected chi connectivity index (χ1v) is 8.65. The molecule has 29 heavy (non-hydrogen) atoms. The molecule has 11 heteroatoms. The smallest absolute Gasteiger partial charge is 0.356 e. The molecule has 1 aliphatic rings. The summed E-state index contributed by atoms with van der Waals surface area (Å²) in [6.07, 6.45) is -4.84. The van der Waals surface area contributed by atoms with E-state index in [-0.39, 0.29) is 18.1 Å². The molecule has 1 fully saturated rings. The van der Waals surface area contributed by atoms with Crippen molar-refractivity contribution in [1.82, 2.24) is 14.9 Å². The van der Waals surface area contributed by atoms with Crippen LogP contribution >= 0.6 is 0 Å². The number of likely N-dealkylation sites (tertiary alicyclic amines) is 1. The SMILES string of the molecule is C[C@@H](Nc1ncnc(-c2ccc(F)cc2)c1F)C(=O)N1C[C@H](OC(F)(F)F)[C@@H]1C. The van der Waals surface area contributed by atoms with E-state index in [0.717, 1.165) is 18.5 Å². The third-order valence-electron chi connectivity index (χ3n) is 4.61. The first kappa shape index (κ1) is 20.9. The molecule has 2 heterocycles. The second-order valence-electron chi connectivity index (χ2n) is 6.59. The minimum absolute atomic E-state index is 0.0851. The van der Waals surface area contributed by atoms with Crippen LogP contribution in [0.2, 0.25) is 0 Å². The zero-order chi connectivity index (χ0) is 21.3. The lowest BCUT2D eigenvalue weighted by atomic mass is 10.00. The summed E-state index contributed by atoms with van der Waals surface area (Å²) < 4.78 is 68.7. The van der Waals surface area contributed by atoms with Gasteiger partial charge in [0.1, 0.15) is 30.0 Å². The van der Waals surface area contributed by atoms with E-state index in [2.05, 4.69) is 20.0 Å². The standard InChI is InChI=1S/C18H17F5N4O2/c1-9(17(28)27-7-13(10(27)2)29-18(21,22)23)26-16-14(20)15(24-8-25-16)11-3-5-12(19)6-4-11/h3-6,8-10,13H,7H2,1-2H3,(H,24,25,26)/t9-,10+,13+/m1/s1. The van der Waals surface area contributed by atoms with Crippen LogP contribution in [0.5, 0.6) is 0 Å². The van der Waals surface area contributed by atoms with Gasteiger partial charge in [-0.05, 0) is 38.1 Å². The van der Waals surface area contributed by atoms with Crippen molar-refractivity contribution < 1.29 is 31.5 Å². The number of anilines is 1. The number of ether oxygens (including phenoxy) is 1. The quantitative estimate of drug-likeness (QED) is 0.758. The van der Waals surface area contributed by atoms with Gasteiger partial charge in [-0.1, -0.05) is 0 Å². The Balaban J connectivity index is 1.68. The van der Waals surface area contributed by atoms with Gasteiger partial charge in [0.2, 0.25) is 5.91 Å². The van der Waals surface area contributed by atoms with Gasteiger partial charge in [-0.25, -0.2) is 18.7 Å². The number of aromatic nitrogens is 2. The first-order chi connectivity index (χ1) is 13.6. The topological polar surface area (TPSA) is 67.4 Å². The van der Waals surface area contributed by atoms with Crippen molar-refractivity contribution in [2.45, 2.75) is 38.4 Å². The fourth-order valence-electron chi connectivity index (χ4n) is 2.97. The summed E-state index contributed by atoms with van der Waals surface area (Å²) in [4.78, 5) is 21.3. The highest BCUT2D eigenvalue weighted by Gasteiger charge is 2.46. The minimum Gasteiger partial charge on any atom is -0.356 e. The van der Waals surface area contributed by atoms with Crippen LogP contribution in [0, 0.1) is 11.6 Å². The first-order valence-electron chi connectivity index (χ1n) is 8.65. The molecule has 0 spiro atoms. The van der Waals surface area contributed by atoms with E-state index < -0.39 is 42.1 Å². The maximum absolute atomic E-state index is 14.8. The number of alkyl halides is 3. The molecule has 0 saturated carbocycles. The zero-order valence-corrected chi connectivity index (χ0v) is 15.4. The minimum atomic E-state index is -4.78. The molecule has 3 atom stereocenters. The lowest BCUT2D eigenvalue weighted by Crippen LogP contribution is -2.65. The van der Waals surface area contributed by atoms with Gasteiger partial charge in [0.25, 0.3) is 0 Å². The number of nitrogens with zero attached hydrogens (tertiary/aromatic N) is 3. The molecule has 1 N–H and O–H groups in total. The van der Waals surface area contributed by atoms with Crippen LogP contribution in [0.3, 0.4) is 0 Å². The Hall–Kier alpha value is -2.82. The molecule has 1 aromatic heterocycles. The molecule has 1 saturated heterocycles.